The normalized spacial score (nSPS) is 32.0. The van der Waals surface area contributed by atoms with E-state index in [2.05, 4.69) is 22.3 Å². The van der Waals surface area contributed by atoms with E-state index in [1.807, 2.05) is 0 Å². The van der Waals surface area contributed by atoms with Gasteiger partial charge in [0.25, 0.3) is 0 Å². The van der Waals surface area contributed by atoms with E-state index in [4.69, 9.17) is 4.74 Å². The second-order valence-electron chi connectivity index (χ2n) is 8.12. The van der Waals surface area contributed by atoms with Crippen LogP contribution in [-0.4, -0.2) is 43.5 Å². The van der Waals surface area contributed by atoms with Crippen molar-refractivity contribution in [3.8, 4) is 5.75 Å². The van der Waals surface area contributed by atoms with E-state index in [-0.39, 0.29) is 37.0 Å². The van der Waals surface area contributed by atoms with Crippen LogP contribution in [0.3, 0.4) is 0 Å². The maximum Gasteiger partial charge on any atom is 0.125 e. The summed E-state index contributed by atoms with van der Waals surface area (Å²) in [4.78, 5) is 2.55. The molecule has 26 heavy (non-hydrogen) atoms. The molecule has 5 rings (SSSR count). The van der Waals surface area contributed by atoms with Crippen molar-refractivity contribution < 1.29 is 9.84 Å². The largest absolute Gasteiger partial charge is 0.487 e. The number of anilines is 1. The standard InChI is InChI=1S/C20H28N2O2.2ClH/c23-17-9-14-11-21-12-15(14)10-19(17)24-18-6-5-13-3-1-7-22-8-2-4-16(18)20(13)22;;/h5-6,14-15,17,19,21,23H,1-4,7-12H2;2*1H/t14-,15+,17+,19+;;/m0../s1. The third-order valence-corrected chi connectivity index (χ3v) is 6.64. The van der Waals surface area contributed by atoms with E-state index in [0.717, 1.165) is 38.1 Å². The molecule has 1 saturated carbocycles. The number of benzene rings is 1. The van der Waals surface area contributed by atoms with Gasteiger partial charge < -0.3 is 20.1 Å². The predicted molar refractivity (Wildman–Crippen MR) is 109 cm³/mol. The molecule has 1 aliphatic carbocycles. The van der Waals surface area contributed by atoms with Crippen molar-refractivity contribution in [1.29, 1.82) is 0 Å². The molecule has 0 unspecified atom stereocenters. The summed E-state index contributed by atoms with van der Waals surface area (Å²) < 4.78 is 6.44. The van der Waals surface area contributed by atoms with Crippen LogP contribution in [0.5, 0.6) is 5.75 Å². The van der Waals surface area contributed by atoms with Crippen molar-refractivity contribution in [3.63, 3.8) is 0 Å². The third kappa shape index (κ3) is 3.42. The molecule has 4 atom stereocenters. The molecule has 3 aliphatic heterocycles. The zero-order chi connectivity index (χ0) is 16.1. The van der Waals surface area contributed by atoms with E-state index >= 15 is 0 Å². The lowest BCUT2D eigenvalue weighted by Crippen LogP contribution is -2.42. The van der Waals surface area contributed by atoms with Gasteiger partial charge in [-0.2, -0.15) is 0 Å². The van der Waals surface area contributed by atoms with Crippen molar-refractivity contribution in [3.05, 3.63) is 23.3 Å². The molecule has 1 aromatic rings. The van der Waals surface area contributed by atoms with Gasteiger partial charge in [0.2, 0.25) is 0 Å². The lowest BCUT2D eigenvalue weighted by atomic mass is 9.78. The fraction of sp³-hybridized carbons (Fsp3) is 0.700. The Bertz CT molecular complexity index is 640. The first kappa shape index (κ1) is 20.1. The molecule has 3 heterocycles. The topological polar surface area (TPSA) is 44.7 Å². The van der Waals surface area contributed by atoms with Gasteiger partial charge in [-0.15, -0.1) is 24.8 Å². The quantitative estimate of drug-likeness (QED) is 0.800. The number of aryl methyl sites for hydroxylation is 1. The highest BCUT2D eigenvalue weighted by atomic mass is 35.5. The molecule has 1 aromatic carbocycles. The average Bonchev–Trinajstić information content (AvgIpc) is 3.05. The first-order valence-electron chi connectivity index (χ1n) is 9.75. The Morgan fingerprint density at radius 2 is 1.73 bits per heavy atom. The monoisotopic (exact) mass is 400 g/mol. The number of hydrogen-bond donors (Lipinski definition) is 2. The third-order valence-electron chi connectivity index (χ3n) is 6.64. The highest BCUT2D eigenvalue weighted by molar-refractivity contribution is 5.85. The van der Waals surface area contributed by atoms with Crippen LogP contribution in [0.1, 0.15) is 36.8 Å². The van der Waals surface area contributed by atoms with Gasteiger partial charge in [0.05, 0.1) is 6.10 Å². The predicted octanol–water partition coefficient (Wildman–Crippen LogP) is 2.97. The smallest absolute Gasteiger partial charge is 0.125 e. The van der Waals surface area contributed by atoms with Gasteiger partial charge in [-0.3, -0.25) is 0 Å². The number of fused-ring (bicyclic) bond motifs is 1. The first-order valence-corrected chi connectivity index (χ1v) is 9.75. The minimum atomic E-state index is -0.325. The van der Waals surface area contributed by atoms with Gasteiger partial charge in [-0.25, -0.2) is 0 Å². The second kappa shape index (κ2) is 8.14. The fourth-order valence-corrected chi connectivity index (χ4v) is 5.40. The number of rotatable bonds is 2. The number of nitrogens with zero attached hydrogens (tertiary/aromatic N) is 1. The lowest BCUT2D eigenvalue weighted by molar-refractivity contribution is -0.0235. The summed E-state index contributed by atoms with van der Waals surface area (Å²) in [5.74, 6) is 2.34. The Balaban J connectivity index is 0.000000980. The summed E-state index contributed by atoms with van der Waals surface area (Å²) >= 11 is 0. The van der Waals surface area contributed by atoms with Crippen LogP contribution in [-0.2, 0) is 12.8 Å². The SMILES string of the molecule is Cl.Cl.O[C@@H]1C[C@H]2CNC[C@H]2C[C@H]1Oc1ccc2c3c1CCCN3CCC2. The minimum Gasteiger partial charge on any atom is -0.487 e. The van der Waals surface area contributed by atoms with Gasteiger partial charge in [-0.05, 0) is 75.1 Å². The summed E-state index contributed by atoms with van der Waals surface area (Å²) in [6.07, 6.45) is 6.30. The van der Waals surface area contributed by atoms with Gasteiger partial charge in [0, 0.05) is 24.3 Å². The Labute approximate surface area is 168 Å². The van der Waals surface area contributed by atoms with Crippen LogP contribution in [0, 0.1) is 11.8 Å². The fourth-order valence-electron chi connectivity index (χ4n) is 5.40. The summed E-state index contributed by atoms with van der Waals surface area (Å²) in [6, 6.07) is 4.44. The first-order chi connectivity index (χ1) is 11.8. The molecule has 1 saturated heterocycles. The van der Waals surface area contributed by atoms with Crippen molar-refractivity contribution in [2.45, 2.75) is 50.7 Å². The zero-order valence-electron chi connectivity index (χ0n) is 15.2. The van der Waals surface area contributed by atoms with E-state index in [1.54, 1.807) is 0 Å². The second-order valence-corrected chi connectivity index (χ2v) is 8.12. The van der Waals surface area contributed by atoms with Gasteiger partial charge in [0.15, 0.2) is 0 Å². The molecule has 0 bridgehead atoms. The van der Waals surface area contributed by atoms with Crippen LogP contribution in [0.15, 0.2) is 12.1 Å². The Hall–Kier alpha value is -0.680. The number of aliphatic hydroxyl groups excluding tert-OH is 1. The van der Waals surface area contributed by atoms with Crippen LogP contribution in [0.2, 0.25) is 0 Å². The number of halogens is 2. The average molecular weight is 401 g/mol. The van der Waals surface area contributed by atoms with Crippen molar-refractivity contribution >= 4 is 30.5 Å². The van der Waals surface area contributed by atoms with Crippen LogP contribution < -0.4 is 15.0 Å². The van der Waals surface area contributed by atoms with Crippen LogP contribution in [0.4, 0.5) is 5.69 Å². The van der Waals surface area contributed by atoms with Crippen LogP contribution >= 0.6 is 24.8 Å². The van der Waals surface area contributed by atoms with Crippen molar-refractivity contribution in [2.75, 3.05) is 31.1 Å². The molecule has 0 radical (unpaired) electrons. The Morgan fingerprint density at radius 3 is 2.54 bits per heavy atom. The summed E-state index contributed by atoms with van der Waals surface area (Å²) in [5, 5.41) is 14.1. The molecule has 0 aromatic heterocycles. The van der Waals surface area contributed by atoms with Gasteiger partial charge >= 0.3 is 0 Å². The van der Waals surface area contributed by atoms with Crippen LogP contribution in [0.25, 0.3) is 0 Å². The van der Waals surface area contributed by atoms with Gasteiger partial charge in [-0.1, -0.05) is 6.07 Å². The van der Waals surface area contributed by atoms with E-state index in [0.29, 0.717) is 11.8 Å². The molecular weight excluding hydrogens is 371 g/mol. The van der Waals surface area contributed by atoms with Gasteiger partial charge in [0.1, 0.15) is 11.9 Å². The maximum absolute atomic E-state index is 10.6. The number of ether oxygens (including phenoxy) is 1. The summed E-state index contributed by atoms with van der Waals surface area (Å²) in [6.45, 7) is 4.52. The zero-order valence-corrected chi connectivity index (χ0v) is 16.8. The molecule has 6 heteroatoms. The Kier molecular flexibility index (Phi) is 6.28. The highest BCUT2D eigenvalue weighted by Crippen LogP contribution is 2.42. The summed E-state index contributed by atoms with van der Waals surface area (Å²) in [5.41, 5.74) is 4.35. The minimum absolute atomic E-state index is 0. The molecule has 0 spiro atoms. The van der Waals surface area contributed by atoms with E-state index in [9.17, 15) is 5.11 Å². The van der Waals surface area contributed by atoms with Crippen molar-refractivity contribution in [1.82, 2.24) is 5.32 Å². The maximum atomic E-state index is 10.6. The Morgan fingerprint density at radius 1 is 1.00 bits per heavy atom. The molecule has 146 valence electrons. The number of aliphatic hydroxyl groups is 1. The van der Waals surface area contributed by atoms with Crippen molar-refractivity contribution in [2.24, 2.45) is 11.8 Å². The molecule has 4 aliphatic rings. The number of hydrogen-bond acceptors (Lipinski definition) is 4. The highest BCUT2D eigenvalue weighted by Gasteiger charge is 2.40. The lowest BCUT2D eigenvalue weighted by Gasteiger charge is -2.39. The molecule has 2 fully saturated rings. The summed E-state index contributed by atoms with van der Waals surface area (Å²) in [7, 11) is 0. The van der Waals surface area contributed by atoms with E-state index in [1.165, 1.54) is 49.2 Å². The number of nitrogens with one attached hydrogen (secondary N) is 1. The molecule has 0 amide bonds. The van der Waals surface area contributed by atoms with E-state index < -0.39 is 0 Å². The molecular formula is C20H30Cl2N2O2. The molecule has 2 N–H and O–H groups in total. The molecule has 4 nitrogen and oxygen atoms in total.